The first-order valence-corrected chi connectivity index (χ1v) is 6.51. The van der Waals surface area contributed by atoms with Crippen molar-refractivity contribution >= 4 is 12.3 Å². The van der Waals surface area contributed by atoms with Crippen LogP contribution in [0.5, 0.6) is 5.75 Å². The highest BCUT2D eigenvalue weighted by Gasteiger charge is 1.99. The fourth-order valence-corrected chi connectivity index (χ4v) is 1.51. The van der Waals surface area contributed by atoms with Gasteiger partial charge < -0.3 is 4.89 Å². The third-order valence-corrected chi connectivity index (χ3v) is 2.47. The van der Waals surface area contributed by atoms with Gasteiger partial charge in [0, 0.05) is 11.8 Å². The van der Waals surface area contributed by atoms with Crippen molar-refractivity contribution in [2.24, 2.45) is 5.10 Å². The summed E-state index contributed by atoms with van der Waals surface area (Å²) >= 11 is 0. The monoisotopic (exact) mass is 280 g/mol. The van der Waals surface area contributed by atoms with Crippen LogP contribution in [0.15, 0.2) is 84.1 Å². The number of hydrogen-bond donors (Lipinski definition) is 1. The van der Waals surface area contributed by atoms with Gasteiger partial charge in [-0.1, -0.05) is 72.9 Å². The lowest BCUT2D eigenvalue weighted by Gasteiger charge is -2.05. The Morgan fingerprint density at radius 2 is 1.43 bits per heavy atom. The van der Waals surface area contributed by atoms with Crippen molar-refractivity contribution in [3.63, 3.8) is 0 Å². The molecular weight excluding hydrogens is 264 g/mol. The molecule has 2 rings (SSSR count). The van der Waals surface area contributed by atoms with E-state index in [1.807, 2.05) is 78.9 Å². The number of fused-ring (bicyclic) bond motifs is 1. The van der Waals surface area contributed by atoms with Gasteiger partial charge in [-0.2, -0.15) is 5.10 Å². The number of rotatable bonds is 0. The molecule has 0 bridgehead atoms. The summed E-state index contributed by atoms with van der Waals surface area (Å²) in [6.45, 7) is 0. The van der Waals surface area contributed by atoms with Crippen LogP contribution >= 0.6 is 0 Å². The van der Waals surface area contributed by atoms with Gasteiger partial charge in [-0.05, 0) is 17.1 Å². The molecule has 0 spiro atoms. The first-order valence-electron chi connectivity index (χ1n) is 6.51. The molecule has 0 amide bonds. The van der Waals surface area contributed by atoms with Crippen molar-refractivity contribution in [3.05, 3.63) is 84.5 Å². The van der Waals surface area contributed by atoms with E-state index in [4.69, 9.17) is 9.88 Å². The van der Waals surface area contributed by atoms with Crippen molar-refractivity contribution in [1.29, 1.82) is 0 Å². The van der Waals surface area contributed by atoms with Crippen LogP contribution in [0.4, 0.5) is 0 Å². The Hall–Kier alpha value is -2.85. The molecular formula is C17H16N2O2. The molecule has 0 atom stereocenters. The largest absolute Gasteiger partial charge is 0.312 e. The Morgan fingerprint density at radius 1 is 0.762 bits per heavy atom. The molecule has 1 N–H and O–H groups in total. The van der Waals surface area contributed by atoms with E-state index in [9.17, 15) is 0 Å². The van der Waals surface area contributed by atoms with Gasteiger partial charge >= 0.3 is 0 Å². The summed E-state index contributed by atoms with van der Waals surface area (Å²) in [5.74, 6) is 0.599. The molecule has 1 aliphatic heterocycles. The fourth-order valence-electron chi connectivity index (χ4n) is 1.51. The average molecular weight is 280 g/mol. The van der Waals surface area contributed by atoms with Crippen LogP contribution < -0.4 is 10.5 Å². The molecule has 106 valence electrons. The Balaban J connectivity index is 2.14. The van der Waals surface area contributed by atoms with Crippen LogP contribution in [-0.4, -0.2) is 6.21 Å². The molecule has 0 saturated heterocycles. The zero-order valence-corrected chi connectivity index (χ0v) is 11.4. The average Bonchev–Trinajstić information content (AvgIpc) is 2.52. The molecule has 21 heavy (non-hydrogen) atoms. The maximum atomic E-state index is 5.16. The summed E-state index contributed by atoms with van der Waals surface area (Å²) in [6, 6.07) is 7.54. The molecule has 0 aromatic heterocycles. The van der Waals surface area contributed by atoms with Gasteiger partial charge in [-0.15, -0.1) is 5.59 Å². The minimum atomic E-state index is 0.599. The Labute approximate surface area is 124 Å². The van der Waals surface area contributed by atoms with Gasteiger partial charge in [0.15, 0.2) is 5.75 Å². The van der Waals surface area contributed by atoms with Crippen LogP contribution in [-0.2, 0) is 4.99 Å². The van der Waals surface area contributed by atoms with Crippen LogP contribution in [0.1, 0.15) is 5.56 Å². The molecule has 1 aliphatic rings. The Kier molecular flexibility index (Phi) is 6.32. The maximum absolute atomic E-state index is 5.16. The number of nitrogens with one attached hydrogen (secondary N) is 1. The van der Waals surface area contributed by atoms with Crippen molar-refractivity contribution in [3.8, 4) is 5.75 Å². The summed E-state index contributed by atoms with van der Waals surface area (Å²) in [5, 5.41) is 3.80. The maximum Gasteiger partial charge on any atom is 0.175 e. The minimum Gasteiger partial charge on any atom is -0.312 e. The fraction of sp³-hybridized carbons (Fsp3) is 0. The van der Waals surface area contributed by atoms with Crippen molar-refractivity contribution in [2.45, 2.75) is 0 Å². The van der Waals surface area contributed by atoms with E-state index < -0.39 is 0 Å². The smallest absolute Gasteiger partial charge is 0.175 e. The lowest BCUT2D eigenvalue weighted by molar-refractivity contribution is -0.258. The van der Waals surface area contributed by atoms with Gasteiger partial charge in [-0.25, -0.2) is 0 Å². The van der Waals surface area contributed by atoms with E-state index in [2.05, 4.69) is 10.7 Å². The lowest BCUT2D eigenvalue weighted by Crippen LogP contribution is -2.10. The molecule has 4 nitrogen and oxygen atoms in total. The van der Waals surface area contributed by atoms with Gasteiger partial charge in [0.1, 0.15) is 0 Å². The number of allylic oxidation sites excluding steroid dienone is 9. The van der Waals surface area contributed by atoms with Crippen LogP contribution in [0.3, 0.4) is 0 Å². The summed E-state index contributed by atoms with van der Waals surface area (Å²) in [6.07, 6.45) is 20.7. The molecule has 0 radical (unpaired) electrons. The van der Waals surface area contributed by atoms with Gasteiger partial charge in [-0.3, -0.25) is 0 Å². The quantitative estimate of drug-likeness (QED) is 0.736. The molecule has 0 aliphatic carbocycles. The number of para-hydroxylation sites is 1. The van der Waals surface area contributed by atoms with Gasteiger partial charge in [0.05, 0.1) is 0 Å². The molecule has 1 heterocycles. The van der Waals surface area contributed by atoms with E-state index in [0.29, 0.717) is 5.75 Å². The summed E-state index contributed by atoms with van der Waals surface area (Å²) in [4.78, 5) is 9.98. The molecule has 0 fully saturated rings. The van der Waals surface area contributed by atoms with E-state index in [-0.39, 0.29) is 0 Å². The second kappa shape index (κ2) is 9.12. The predicted octanol–water partition coefficient (Wildman–Crippen LogP) is 3.74. The summed E-state index contributed by atoms with van der Waals surface area (Å²) < 4.78 is 0. The Morgan fingerprint density at radius 3 is 2.24 bits per heavy atom. The van der Waals surface area contributed by atoms with E-state index >= 15 is 0 Å². The van der Waals surface area contributed by atoms with Crippen molar-refractivity contribution < 1.29 is 9.88 Å². The molecule has 0 saturated carbocycles. The van der Waals surface area contributed by atoms with E-state index in [1.54, 1.807) is 12.3 Å². The second-order valence-electron chi connectivity index (χ2n) is 3.97. The lowest BCUT2D eigenvalue weighted by atomic mass is 10.2. The van der Waals surface area contributed by atoms with Crippen molar-refractivity contribution in [2.75, 3.05) is 0 Å². The van der Waals surface area contributed by atoms with Crippen LogP contribution in [0.25, 0.3) is 6.08 Å². The zero-order valence-electron chi connectivity index (χ0n) is 11.4. The highest BCUT2D eigenvalue weighted by molar-refractivity contribution is 5.71. The minimum absolute atomic E-state index is 0.599. The third-order valence-electron chi connectivity index (χ3n) is 2.47. The Bertz CT molecular complexity index is 611. The topological polar surface area (TPSA) is 42.9 Å². The summed E-state index contributed by atoms with van der Waals surface area (Å²) in [7, 11) is 0. The molecule has 1 aromatic rings. The standard InChI is InChI=1S/C17H16N2O2/c1-2-4-6-8-12-16-13-9-10-14-17(16)20-21-19-18-15-11-7-5-3-1/h1-15,19H. The first-order chi connectivity index (χ1) is 10.5. The zero-order chi connectivity index (χ0) is 14.6. The van der Waals surface area contributed by atoms with E-state index in [0.717, 1.165) is 5.56 Å². The number of hydrazone groups is 1. The molecule has 1 aromatic carbocycles. The number of benzene rings is 1. The summed E-state index contributed by atoms with van der Waals surface area (Å²) in [5.41, 5.74) is 3.24. The van der Waals surface area contributed by atoms with Crippen molar-refractivity contribution in [1.82, 2.24) is 5.59 Å². The van der Waals surface area contributed by atoms with Crippen LogP contribution in [0.2, 0.25) is 0 Å². The SMILES string of the molecule is C1=CC=CC=Cc2ccccc2OONN=CC=CC=C1. The highest BCUT2D eigenvalue weighted by atomic mass is 17.3. The van der Waals surface area contributed by atoms with Crippen LogP contribution in [0, 0.1) is 0 Å². The molecule has 0 unspecified atom stereocenters. The van der Waals surface area contributed by atoms with E-state index in [1.165, 1.54) is 0 Å². The predicted molar refractivity (Wildman–Crippen MR) is 85.4 cm³/mol. The van der Waals surface area contributed by atoms with Gasteiger partial charge in [0.2, 0.25) is 0 Å². The number of nitrogens with zero attached hydrogens (tertiary/aromatic N) is 1. The molecule has 4 heteroatoms. The second-order valence-corrected chi connectivity index (χ2v) is 3.97. The normalized spacial score (nSPS) is 15.0. The first kappa shape index (κ1) is 14.6. The third kappa shape index (κ3) is 5.76. The van der Waals surface area contributed by atoms with Gasteiger partial charge in [0.25, 0.3) is 0 Å². The number of hydrogen-bond acceptors (Lipinski definition) is 4. The highest BCUT2D eigenvalue weighted by Crippen LogP contribution is 2.19.